The van der Waals surface area contributed by atoms with E-state index in [1.807, 2.05) is 17.5 Å². The molecule has 4 rings (SSSR count). The van der Waals surface area contributed by atoms with Gasteiger partial charge in [0.1, 0.15) is 0 Å². The lowest BCUT2D eigenvalue weighted by Crippen LogP contribution is -2.22. The molecule has 2 aromatic rings. The maximum absolute atomic E-state index is 12.3. The molecule has 24 heavy (non-hydrogen) atoms. The van der Waals surface area contributed by atoms with Crippen molar-refractivity contribution in [3.63, 3.8) is 0 Å². The number of carbonyl (C=O) groups is 1. The fraction of sp³-hybridized carbons (Fsp3) is 0.529. The van der Waals surface area contributed by atoms with Gasteiger partial charge in [0.15, 0.2) is 5.13 Å². The highest BCUT2D eigenvalue weighted by Gasteiger charge is 2.21. The Morgan fingerprint density at radius 2 is 2.21 bits per heavy atom. The van der Waals surface area contributed by atoms with Crippen molar-refractivity contribution in [1.29, 1.82) is 0 Å². The van der Waals surface area contributed by atoms with E-state index in [0.717, 1.165) is 53.1 Å². The minimum Gasteiger partial charge on any atom is -0.373 e. The highest BCUT2D eigenvalue weighted by atomic mass is 32.1. The maximum atomic E-state index is 12.3. The molecule has 0 aromatic carbocycles. The maximum Gasteiger partial charge on any atom is 0.261 e. The van der Waals surface area contributed by atoms with Gasteiger partial charge in [0.05, 0.1) is 23.2 Å². The van der Waals surface area contributed by atoms with E-state index in [2.05, 4.69) is 15.2 Å². The minimum absolute atomic E-state index is 0.0278. The first-order chi connectivity index (χ1) is 11.8. The highest BCUT2D eigenvalue weighted by molar-refractivity contribution is 7.14. The van der Waals surface area contributed by atoms with Crippen molar-refractivity contribution in [3.8, 4) is 0 Å². The number of aromatic nitrogens is 1. The third-order valence-electron chi connectivity index (χ3n) is 4.44. The number of rotatable bonds is 5. The minimum atomic E-state index is -0.0278. The summed E-state index contributed by atoms with van der Waals surface area (Å²) in [5, 5.41) is 6.10. The number of hydrogen-bond donors (Lipinski definition) is 1. The quantitative estimate of drug-likeness (QED) is 0.882. The predicted octanol–water partition coefficient (Wildman–Crippen LogP) is 3.59. The number of nitrogens with zero attached hydrogens (tertiary/aromatic N) is 2. The molecule has 0 radical (unpaired) electrons. The van der Waals surface area contributed by atoms with Gasteiger partial charge >= 0.3 is 0 Å². The Kier molecular flexibility index (Phi) is 4.82. The van der Waals surface area contributed by atoms with E-state index >= 15 is 0 Å². The summed E-state index contributed by atoms with van der Waals surface area (Å²) in [6, 6.07) is 3.91. The first-order valence-electron chi connectivity index (χ1n) is 8.48. The lowest BCUT2D eigenvalue weighted by molar-refractivity contribution is 0.0954. The first kappa shape index (κ1) is 16.1. The molecule has 128 valence electrons. The van der Waals surface area contributed by atoms with Gasteiger partial charge in [-0.2, -0.15) is 0 Å². The molecule has 7 heteroatoms. The average molecular weight is 364 g/mol. The normalized spacial score (nSPS) is 20.7. The Balaban J connectivity index is 1.33. The van der Waals surface area contributed by atoms with Gasteiger partial charge in [-0.05, 0) is 37.8 Å². The Labute approximate surface area is 149 Å². The van der Waals surface area contributed by atoms with Crippen LogP contribution >= 0.6 is 22.7 Å². The Bertz CT molecular complexity index is 700. The number of thiazole rings is 1. The van der Waals surface area contributed by atoms with Gasteiger partial charge in [0.25, 0.3) is 5.91 Å². The van der Waals surface area contributed by atoms with E-state index in [-0.39, 0.29) is 12.0 Å². The zero-order valence-corrected chi connectivity index (χ0v) is 15.1. The molecule has 2 fully saturated rings. The molecule has 0 spiro atoms. The lowest BCUT2D eigenvalue weighted by atomic mass is 10.2. The molecule has 5 nitrogen and oxygen atoms in total. The Hall–Kier alpha value is -1.44. The van der Waals surface area contributed by atoms with Crippen LogP contribution in [0.2, 0.25) is 0 Å². The van der Waals surface area contributed by atoms with Crippen molar-refractivity contribution >= 4 is 33.7 Å². The van der Waals surface area contributed by atoms with E-state index in [4.69, 9.17) is 4.74 Å². The molecule has 2 aliphatic rings. The largest absolute Gasteiger partial charge is 0.373 e. The molecule has 1 atom stereocenters. The van der Waals surface area contributed by atoms with Gasteiger partial charge < -0.3 is 15.0 Å². The Morgan fingerprint density at radius 3 is 3.00 bits per heavy atom. The van der Waals surface area contributed by atoms with Crippen LogP contribution in [0.5, 0.6) is 0 Å². The molecule has 1 N–H and O–H groups in total. The van der Waals surface area contributed by atoms with Crippen LogP contribution in [0.15, 0.2) is 17.5 Å². The molecular formula is C17H21N3O2S2. The fourth-order valence-electron chi connectivity index (χ4n) is 3.14. The third kappa shape index (κ3) is 3.48. The molecule has 0 bridgehead atoms. The molecule has 1 amide bonds. The molecule has 1 unspecified atom stereocenters. The molecule has 2 saturated heterocycles. The number of nitrogens with one attached hydrogen (secondary N) is 1. The fourth-order valence-corrected chi connectivity index (χ4v) is 5.03. The van der Waals surface area contributed by atoms with Crippen LogP contribution in [-0.2, 0) is 11.3 Å². The Morgan fingerprint density at radius 1 is 1.33 bits per heavy atom. The van der Waals surface area contributed by atoms with Crippen LogP contribution in [0.4, 0.5) is 5.13 Å². The van der Waals surface area contributed by atoms with Crippen LogP contribution in [-0.4, -0.2) is 30.6 Å². The summed E-state index contributed by atoms with van der Waals surface area (Å²) < 4.78 is 5.68. The van der Waals surface area contributed by atoms with Gasteiger partial charge in [0, 0.05) is 30.0 Å². The first-order valence-corrected chi connectivity index (χ1v) is 10.2. The molecular weight excluding hydrogens is 342 g/mol. The van der Waals surface area contributed by atoms with Crippen molar-refractivity contribution in [1.82, 2.24) is 10.3 Å². The van der Waals surface area contributed by atoms with E-state index in [1.165, 1.54) is 24.2 Å². The smallest absolute Gasteiger partial charge is 0.261 e. The van der Waals surface area contributed by atoms with Crippen molar-refractivity contribution in [2.45, 2.75) is 38.3 Å². The van der Waals surface area contributed by atoms with Crippen LogP contribution in [0.1, 0.15) is 52.0 Å². The monoisotopic (exact) mass is 363 g/mol. The van der Waals surface area contributed by atoms with E-state index in [9.17, 15) is 4.79 Å². The standard InChI is InChI=1S/C17H21N3O2S2/c21-16(15-6-5-14(24-15)13-4-3-9-22-13)18-10-12-11-23-17(19-12)20-7-1-2-8-20/h5-6,11,13H,1-4,7-10H2,(H,18,21). The van der Waals surface area contributed by atoms with Gasteiger partial charge in [-0.3, -0.25) is 4.79 Å². The zero-order valence-electron chi connectivity index (χ0n) is 13.5. The van der Waals surface area contributed by atoms with E-state index in [0.29, 0.717) is 6.54 Å². The topological polar surface area (TPSA) is 54.5 Å². The summed E-state index contributed by atoms with van der Waals surface area (Å²) in [6.45, 7) is 3.50. The van der Waals surface area contributed by atoms with Crippen molar-refractivity contribution < 1.29 is 9.53 Å². The van der Waals surface area contributed by atoms with Crippen LogP contribution in [0, 0.1) is 0 Å². The summed E-state index contributed by atoms with van der Waals surface area (Å²) in [5.74, 6) is -0.0278. The van der Waals surface area contributed by atoms with Crippen LogP contribution in [0.3, 0.4) is 0 Å². The molecule has 4 heterocycles. The van der Waals surface area contributed by atoms with Gasteiger partial charge in [-0.25, -0.2) is 4.98 Å². The number of amides is 1. The molecule has 2 aromatic heterocycles. The third-order valence-corrected chi connectivity index (χ3v) is 6.57. The van der Waals surface area contributed by atoms with Gasteiger partial charge in [0.2, 0.25) is 0 Å². The molecule has 0 saturated carbocycles. The van der Waals surface area contributed by atoms with E-state index in [1.54, 1.807) is 11.3 Å². The van der Waals surface area contributed by atoms with Crippen LogP contribution < -0.4 is 10.2 Å². The van der Waals surface area contributed by atoms with Gasteiger partial charge in [-0.1, -0.05) is 0 Å². The second-order valence-electron chi connectivity index (χ2n) is 6.20. The zero-order chi connectivity index (χ0) is 16.4. The van der Waals surface area contributed by atoms with Crippen molar-refractivity contribution in [2.75, 3.05) is 24.6 Å². The van der Waals surface area contributed by atoms with Crippen molar-refractivity contribution in [3.05, 3.63) is 33.0 Å². The summed E-state index contributed by atoms with van der Waals surface area (Å²) >= 11 is 3.20. The average Bonchev–Trinajstić information content (AvgIpc) is 3.40. The van der Waals surface area contributed by atoms with Crippen molar-refractivity contribution in [2.24, 2.45) is 0 Å². The number of ether oxygens (including phenoxy) is 1. The number of hydrogen-bond acceptors (Lipinski definition) is 6. The summed E-state index contributed by atoms with van der Waals surface area (Å²) in [5.41, 5.74) is 0.936. The number of thiophene rings is 1. The number of anilines is 1. The SMILES string of the molecule is O=C(NCc1csc(N2CCCC2)n1)c1ccc(C2CCCO2)s1. The second kappa shape index (κ2) is 7.21. The van der Waals surface area contributed by atoms with Gasteiger partial charge in [-0.15, -0.1) is 22.7 Å². The lowest BCUT2D eigenvalue weighted by Gasteiger charge is -2.12. The molecule has 2 aliphatic heterocycles. The van der Waals surface area contributed by atoms with Crippen LogP contribution in [0.25, 0.3) is 0 Å². The predicted molar refractivity (Wildman–Crippen MR) is 97.0 cm³/mol. The summed E-state index contributed by atoms with van der Waals surface area (Å²) in [4.78, 5) is 21.2. The summed E-state index contributed by atoms with van der Waals surface area (Å²) in [6.07, 6.45) is 4.83. The second-order valence-corrected chi connectivity index (χ2v) is 8.15. The summed E-state index contributed by atoms with van der Waals surface area (Å²) in [7, 11) is 0. The number of carbonyl (C=O) groups excluding carboxylic acids is 1. The molecule has 0 aliphatic carbocycles. The highest BCUT2D eigenvalue weighted by Crippen LogP contribution is 2.33. The van der Waals surface area contributed by atoms with E-state index < -0.39 is 0 Å².